The summed E-state index contributed by atoms with van der Waals surface area (Å²) in [5.74, 6) is 1.80. The fourth-order valence-electron chi connectivity index (χ4n) is 2.81. The lowest BCUT2D eigenvalue weighted by atomic mass is 10.2. The van der Waals surface area contributed by atoms with Crippen molar-refractivity contribution < 1.29 is 18.6 Å². The highest BCUT2D eigenvalue weighted by Gasteiger charge is 2.14. The quantitative estimate of drug-likeness (QED) is 0.293. The summed E-state index contributed by atoms with van der Waals surface area (Å²) in [5.41, 5.74) is 0. The molecule has 1 aromatic heterocycles. The first-order valence-electron chi connectivity index (χ1n) is 10.2. The lowest BCUT2D eigenvalue weighted by Gasteiger charge is -2.13. The molecule has 1 aliphatic rings. The molecule has 0 bridgehead atoms. The predicted molar refractivity (Wildman–Crippen MR) is 106 cm³/mol. The minimum atomic E-state index is 0.291. The third-order valence-corrected chi connectivity index (χ3v) is 4.25. The molecule has 0 aromatic carbocycles. The Labute approximate surface area is 162 Å². The molecule has 1 unspecified atom stereocenters. The largest absolute Gasteiger partial charge is 0.469 e. The van der Waals surface area contributed by atoms with Crippen molar-refractivity contribution in [2.45, 2.75) is 45.1 Å². The molecule has 7 nitrogen and oxygen atoms in total. The summed E-state index contributed by atoms with van der Waals surface area (Å²) >= 11 is 0. The summed E-state index contributed by atoms with van der Waals surface area (Å²) in [5, 5.41) is 6.72. The van der Waals surface area contributed by atoms with E-state index in [0.29, 0.717) is 19.3 Å². The van der Waals surface area contributed by atoms with Gasteiger partial charge in [0.05, 0.1) is 19.0 Å². The van der Waals surface area contributed by atoms with E-state index in [1.54, 1.807) is 6.26 Å². The van der Waals surface area contributed by atoms with Crippen LogP contribution in [-0.4, -0.2) is 64.7 Å². The summed E-state index contributed by atoms with van der Waals surface area (Å²) in [7, 11) is 0. The van der Waals surface area contributed by atoms with E-state index in [1.165, 1.54) is 0 Å². The van der Waals surface area contributed by atoms with E-state index in [1.807, 2.05) is 19.1 Å². The summed E-state index contributed by atoms with van der Waals surface area (Å²) in [6.07, 6.45) is 6.95. The van der Waals surface area contributed by atoms with E-state index in [-0.39, 0.29) is 0 Å². The smallest absolute Gasteiger partial charge is 0.191 e. The summed E-state index contributed by atoms with van der Waals surface area (Å²) in [4.78, 5) is 4.64. The van der Waals surface area contributed by atoms with Gasteiger partial charge in [-0.1, -0.05) is 0 Å². The lowest BCUT2D eigenvalue weighted by molar-refractivity contribution is 0.0171. The maximum absolute atomic E-state index is 5.69. The van der Waals surface area contributed by atoms with Crippen LogP contribution in [-0.2, 0) is 20.6 Å². The molecular weight excluding hydrogens is 346 g/mol. The third-order valence-electron chi connectivity index (χ3n) is 4.25. The Morgan fingerprint density at radius 1 is 1.22 bits per heavy atom. The Bertz CT molecular complexity index is 487. The van der Waals surface area contributed by atoms with Crippen LogP contribution in [0.3, 0.4) is 0 Å². The van der Waals surface area contributed by atoms with Gasteiger partial charge in [0.15, 0.2) is 5.96 Å². The van der Waals surface area contributed by atoms with Crippen LogP contribution < -0.4 is 10.6 Å². The zero-order valence-electron chi connectivity index (χ0n) is 16.6. The molecular formula is C20H35N3O4. The molecule has 1 fully saturated rings. The van der Waals surface area contributed by atoms with Gasteiger partial charge >= 0.3 is 0 Å². The monoisotopic (exact) mass is 381 g/mol. The fraction of sp³-hybridized carbons (Fsp3) is 0.750. The number of ether oxygens (including phenoxy) is 3. The molecule has 1 aliphatic heterocycles. The van der Waals surface area contributed by atoms with Gasteiger partial charge in [-0.25, -0.2) is 0 Å². The number of nitrogens with zero attached hydrogens (tertiary/aromatic N) is 1. The van der Waals surface area contributed by atoms with E-state index < -0.39 is 0 Å². The molecule has 1 saturated heterocycles. The molecule has 1 atom stereocenters. The fourth-order valence-corrected chi connectivity index (χ4v) is 2.81. The molecule has 7 heteroatoms. The van der Waals surface area contributed by atoms with Gasteiger partial charge in [0, 0.05) is 52.5 Å². The van der Waals surface area contributed by atoms with Crippen LogP contribution in [0.5, 0.6) is 0 Å². The average molecular weight is 382 g/mol. The van der Waals surface area contributed by atoms with Crippen molar-refractivity contribution >= 4 is 5.96 Å². The Hall–Kier alpha value is -1.57. The summed E-state index contributed by atoms with van der Waals surface area (Å²) in [6, 6.07) is 3.90. The molecule has 0 spiro atoms. The van der Waals surface area contributed by atoms with Crippen LogP contribution in [0.4, 0.5) is 0 Å². The predicted octanol–water partition coefficient (Wildman–Crippen LogP) is 2.37. The van der Waals surface area contributed by atoms with Gasteiger partial charge in [0.25, 0.3) is 0 Å². The highest BCUT2D eigenvalue weighted by Crippen LogP contribution is 2.11. The molecule has 0 radical (unpaired) electrons. The van der Waals surface area contributed by atoms with Crippen molar-refractivity contribution in [3.8, 4) is 0 Å². The molecule has 154 valence electrons. The number of nitrogens with one attached hydrogen (secondary N) is 2. The van der Waals surface area contributed by atoms with Crippen molar-refractivity contribution in [2.75, 3.05) is 52.7 Å². The van der Waals surface area contributed by atoms with Crippen LogP contribution in [0.25, 0.3) is 0 Å². The SMILES string of the molecule is CCOCCCNC(=NCCCOCC1CCCO1)NCCc1ccco1. The summed E-state index contributed by atoms with van der Waals surface area (Å²) in [6.45, 7) is 8.17. The highest BCUT2D eigenvalue weighted by atomic mass is 16.5. The normalized spacial score (nSPS) is 17.4. The van der Waals surface area contributed by atoms with Crippen LogP contribution in [0.15, 0.2) is 27.8 Å². The number of rotatable bonds is 14. The van der Waals surface area contributed by atoms with E-state index in [0.717, 1.165) is 83.3 Å². The Kier molecular flexibility index (Phi) is 11.7. The molecule has 1 aromatic rings. The molecule has 2 N–H and O–H groups in total. The summed E-state index contributed by atoms with van der Waals surface area (Å²) < 4.78 is 22.0. The van der Waals surface area contributed by atoms with Crippen molar-refractivity contribution in [1.29, 1.82) is 0 Å². The van der Waals surface area contributed by atoms with Crippen molar-refractivity contribution in [3.63, 3.8) is 0 Å². The Morgan fingerprint density at radius 2 is 2.11 bits per heavy atom. The molecule has 0 aliphatic carbocycles. The second kappa shape index (κ2) is 14.5. The maximum atomic E-state index is 5.69. The first kappa shape index (κ1) is 21.7. The van der Waals surface area contributed by atoms with Crippen LogP contribution in [0.1, 0.15) is 38.4 Å². The van der Waals surface area contributed by atoms with Gasteiger partial charge < -0.3 is 29.3 Å². The molecule has 2 heterocycles. The minimum absolute atomic E-state index is 0.291. The molecule has 2 rings (SSSR count). The average Bonchev–Trinajstić information content (AvgIpc) is 3.37. The van der Waals surface area contributed by atoms with Crippen molar-refractivity contribution in [2.24, 2.45) is 4.99 Å². The highest BCUT2D eigenvalue weighted by molar-refractivity contribution is 5.79. The van der Waals surface area contributed by atoms with Crippen LogP contribution in [0, 0.1) is 0 Å². The van der Waals surface area contributed by atoms with E-state index in [4.69, 9.17) is 18.6 Å². The first-order chi connectivity index (χ1) is 13.4. The van der Waals surface area contributed by atoms with Gasteiger partial charge in [-0.3, -0.25) is 4.99 Å². The third kappa shape index (κ3) is 10.4. The van der Waals surface area contributed by atoms with Gasteiger partial charge in [0.1, 0.15) is 5.76 Å². The van der Waals surface area contributed by atoms with Gasteiger partial charge in [-0.2, -0.15) is 0 Å². The van der Waals surface area contributed by atoms with Crippen molar-refractivity contribution in [3.05, 3.63) is 24.2 Å². The topological polar surface area (TPSA) is 77.2 Å². The Morgan fingerprint density at radius 3 is 2.89 bits per heavy atom. The number of guanidine groups is 1. The van der Waals surface area contributed by atoms with Crippen LogP contribution in [0.2, 0.25) is 0 Å². The number of hydrogen-bond donors (Lipinski definition) is 2. The standard InChI is InChI=1S/C20H35N3O4/c1-2-24-13-5-10-21-20(23-12-9-18-7-3-15-26-18)22-11-6-14-25-17-19-8-4-16-27-19/h3,7,15,19H,2,4-6,8-14,16-17H2,1H3,(H2,21,22,23). The molecule has 0 saturated carbocycles. The lowest BCUT2D eigenvalue weighted by Crippen LogP contribution is -2.39. The van der Waals surface area contributed by atoms with Gasteiger partial charge in [-0.15, -0.1) is 0 Å². The van der Waals surface area contributed by atoms with E-state index in [9.17, 15) is 0 Å². The van der Waals surface area contributed by atoms with Crippen LogP contribution >= 0.6 is 0 Å². The Balaban J connectivity index is 1.60. The van der Waals surface area contributed by atoms with E-state index >= 15 is 0 Å². The second-order valence-electron chi connectivity index (χ2n) is 6.53. The number of hydrogen-bond acceptors (Lipinski definition) is 5. The zero-order valence-corrected chi connectivity index (χ0v) is 16.6. The minimum Gasteiger partial charge on any atom is -0.469 e. The van der Waals surface area contributed by atoms with Gasteiger partial charge in [0.2, 0.25) is 0 Å². The first-order valence-corrected chi connectivity index (χ1v) is 10.2. The molecule has 0 amide bonds. The second-order valence-corrected chi connectivity index (χ2v) is 6.53. The van der Waals surface area contributed by atoms with Gasteiger partial charge in [-0.05, 0) is 44.7 Å². The number of furan rings is 1. The number of aliphatic imine (C=N–C) groups is 1. The maximum Gasteiger partial charge on any atom is 0.191 e. The van der Waals surface area contributed by atoms with E-state index in [2.05, 4.69) is 15.6 Å². The zero-order chi connectivity index (χ0) is 19.0. The molecule has 27 heavy (non-hydrogen) atoms. The van der Waals surface area contributed by atoms with Crippen molar-refractivity contribution in [1.82, 2.24) is 10.6 Å².